The summed E-state index contributed by atoms with van der Waals surface area (Å²) in [5, 5.41) is 16.7. The van der Waals surface area contributed by atoms with Crippen molar-refractivity contribution in [3.8, 4) is 5.75 Å². The molecule has 0 aliphatic carbocycles. The van der Waals surface area contributed by atoms with Gasteiger partial charge in [0.05, 0.1) is 15.8 Å². The third-order valence-electron chi connectivity index (χ3n) is 5.74. The highest BCUT2D eigenvalue weighted by atomic mass is 35.5. The molecule has 0 spiro atoms. The van der Waals surface area contributed by atoms with Crippen LogP contribution in [0.5, 0.6) is 5.75 Å². The minimum absolute atomic E-state index is 0.164. The molecule has 2 atom stereocenters. The number of nitrogens with zero attached hydrogens (tertiary/aromatic N) is 2. The molecule has 5 nitrogen and oxygen atoms in total. The van der Waals surface area contributed by atoms with Crippen LogP contribution in [0.25, 0.3) is 0 Å². The molecule has 35 heavy (non-hydrogen) atoms. The summed E-state index contributed by atoms with van der Waals surface area (Å²) in [5.74, 6) is 0.770. The van der Waals surface area contributed by atoms with Crippen molar-refractivity contribution in [3.05, 3.63) is 98.5 Å². The number of hydrogen-bond acceptors (Lipinski definition) is 5. The lowest BCUT2D eigenvalue weighted by Crippen LogP contribution is -2.39. The minimum Gasteiger partial charge on any atom is -0.491 e. The summed E-state index contributed by atoms with van der Waals surface area (Å²) in [6.45, 7) is 3.75. The Labute approximate surface area is 220 Å². The quantitative estimate of drug-likeness (QED) is 0.328. The standard InChI is InChI=1S/C27H27Cl3N2O3/c1-18-5-2-3-8-27(18)34-17-22(33)15-32(14-19-6-4-7-21(28)11-19)16-23-13-26(31-35-23)20-9-10-24(29)25(30)12-20/h2-12,22-23,33H,13-17H2,1H3. The molecule has 1 aliphatic rings. The van der Waals surface area contributed by atoms with E-state index in [0.29, 0.717) is 41.1 Å². The highest BCUT2D eigenvalue weighted by Crippen LogP contribution is 2.26. The van der Waals surface area contributed by atoms with Crippen LogP contribution < -0.4 is 4.74 Å². The Hall–Kier alpha value is -2.28. The number of para-hydroxylation sites is 1. The number of ether oxygens (including phenoxy) is 1. The Balaban J connectivity index is 1.39. The van der Waals surface area contributed by atoms with E-state index >= 15 is 0 Å². The van der Waals surface area contributed by atoms with Crippen molar-refractivity contribution >= 4 is 40.5 Å². The van der Waals surface area contributed by atoms with Crippen molar-refractivity contribution in [2.24, 2.45) is 5.16 Å². The van der Waals surface area contributed by atoms with E-state index in [4.69, 9.17) is 44.4 Å². The molecule has 0 saturated carbocycles. The second kappa shape index (κ2) is 12.1. The highest BCUT2D eigenvalue weighted by molar-refractivity contribution is 6.42. The second-order valence-electron chi connectivity index (χ2n) is 8.65. The van der Waals surface area contributed by atoms with E-state index in [1.807, 2.05) is 61.5 Å². The molecule has 3 aromatic rings. The van der Waals surface area contributed by atoms with Gasteiger partial charge in [0.1, 0.15) is 24.6 Å². The molecule has 0 amide bonds. The van der Waals surface area contributed by atoms with Gasteiger partial charge in [-0.15, -0.1) is 0 Å². The van der Waals surface area contributed by atoms with E-state index in [-0.39, 0.29) is 12.7 Å². The fourth-order valence-electron chi connectivity index (χ4n) is 4.01. The van der Waals surface area contributed by atoms with Gasteiger partial charge in [-0.2, -0.15) is 0 Å². The number of benzene rings is 3. The molecule has 1 aliphatic heterocycles. The van der Waals surface area contributed by atoms with Crippen molar-refractivity contribution in [2.45, 2.75) is 32.1 Å². The number of oxime groups is 1. The minimum atomic E-state index is -0.689. The molecule has 184 valence electrons. The number of aryl methyl sites for hydroxylation is 1. The van der Waals surface area contributed by atoms with Gasteiger partial charge in [-0.25, -0.2) is 0 Å². The highest BCUT2D eigenvalue weighted by Gasteiger charge is 2.26. The molecule has 4 rings (SSSR count). The zero-order chi connectivity index (χ0) is 24.8. The summed E-state index contributed by atoms with van der Waals surface area (Å²) >= 11 is 18.4. The van der Waals surface area contributed by atoms with Gasteiger partial charge in [0.15, 0.2) is 0 Å². The first-order chi connectivity index (χ1) is 16.9. The van der Waals surface area contributed by atoms with Crippen molar-refractivity contribution in [2.75, 3.05) is 19.7 Å². The van der Waals surface area contributed by atoms with Crippen LogP contribution in [-0.2, 0) is 11.4 Å². The first-order valence-corrected chi connectivity index (χ1v) is 12.5. The van der Waals surface area contributed by atoms with Gasteiger partial charge in [-0.05, 0) is 48.4 Å². The van der Waals surface area contributed by atoms with Gasteiger partial charge in [0.25, 0.3) is 0 Å². The molecule has 0 aromatic heterocycles. The lowest BCUT2D eigenvalue weighted by atomic mass is 10.0. The Morgan fingerprint density at radius 3 is 2.66 bits per heavy atom. The van der Waals surface area contributed by atoms with Crippen molar-refractivity contribution < 1.29 is 14.7 Å². The third-order valence-corrected chi connectivity index (χ3v) is 6.71. The number of aliphatic hydroxyl groups is 1. The van der Waals surface area contributed by atoms with Crippen molar-refractivity contribution in [1.29, 1.82) is 0 Å². The van der Waals surface area contributed by atoms with E-state index in [9.17, 15) is 5.11 Å². The Kier molecular flexibility index (Phi) is 8.93. The van der Waals surface area contributed by atoms with Crippen LogP contribution in [0.3, 0.4) is 0 Å². The maximum Gasteiger partial charge on any atom is 0.145 e. The molecule has 8 heteroatoms. The Bertz CT molecular complexity index is 1190. The third kappa shape index (κ3) is 7.35. The molecule has 0 radical (unpaired) electrons. The van der Waals surface area contributed by atoms with Crippen LogP contribution in [0.15, 0.2) is 71.9 Å². The molecule has 2 unspecified atom stereocenters. The Morgan fingerprint density at radius 1 is 1.06 bits per heavy atom. The normalized spacial score (nSPS) is 16.2. The van der Waals surface area contributed by atoms with Gasteiger partial charge in [-0.3, -0.25) is 4.90 Å². The molecule has 3 aromatic carbocycles. The Morgan fingerprint density at radius 2 is 1.89 bits per heavy atom. The van der Waals surface area contributed by atoms with Crippen LogP contribution in [0.4, 0.5) is 0 Å². The fourth-order valence-corrected chi connectivity index (χ4v) is 4.52. The van der Waals surface area contributed by atoms with Crippen LogP contribution in [-0.4, -0.2) is 47.6 Å². The van der Waals surface area contributed by atoms with Gasteiger partial charge < -0.3 is 14.7 Å². The van der Waals surface area contributed by atoms with Crippen molar-refractivity contribution in [3.63, 3.8) is 0 Å². The van der Waals surface area contributed by atoms with E-state index in [1.165, 1.54) is 0 Å². The maximum atomic E-state index is 10.8. The van der Waals surface area contributed by atoms with Gasteiger partial charge >= 0.3 is 0 Å². The number of aliphatic hydroxyl groups excluding tert-OH is 1. The van der Waals surface area contributed by atoms with Gasteiger partial charge in [-0.1, -0.05) is 76.4 Å². The zero-order valence-electron chi connectivity index (χ0n) is 19.3. The number of halogens is 3. The molecular weight excluding hydrogens is 507 g/mol. The summed E-state index contributed by atoms with van der Waals surface area (Å²) in [4.78, 5) is 7.87. The monoisotopic (exact) mass is 532 g/mol. The number of hydrogen-bond donors (Lipinski definition) is 1. The predicted octanol–water partition coefficient (Wildman–Crippen LogP) is 6.39. The lowest BCUT2D eigenvalue weighted by Gasteiger charge is -2.27. The van der Waals surface area contributed by atoms with E-state index in [0.717, 1.165) is 28.2 Å². The van der Waals surface area contributed by atoms with Gasteiger partial charge in [0, 0.05) is 36.6 Å². The van der Waals surface area contributed by atoms with Crippen LogP contribution >= 0.6 is 34.8 Å². The number of rotatable bonds is 10. The fraction of sp³-hybridized carbons (Fsp3) is 0.296. The smallest absolute Gasteiger partial charge is 0.145 e. The van der Waals surface area contributed by atoms with E-state index < -0.39 is 6.10 Å². The molecule has 1 heterocycles. The first kappa shape index (κ1) is 25.8. The maximum absolute atomic E-state index is 10.8. The molecule has 1 N–H and O–H groups in total. The first-order valence-electron chi connectivity index (χ1n) is 11.4. The van der Waals surface area contributed by atoms with E-state index in [2.05, 4.69) is 10.1 Å². The van der Waals surface area contributed by atoms with Crippen LogP contribution in [0.1, 0.15) is 23.1 Å². The molecule has 0 saturated heterocycles. The molecule has 0 bridgehead atoms. The largest absolute Gasteiger partial charge is 0.491 e. The van der Waals surface area contributed by atoms with E-state index in [1.54, 1.807) is 12.1 Å². The lowest BCUT2D eigenvalue weighted by molar-refractivity contribution is 0.0212. The van der Waals surface area contributed by atoms with Crippen LogP contribution in [0.2, 0.25) is 15.1 Å². The van der Waals surface area contributed by atoms with Crippen LogP contribution in [0, 0.1) is 6.92 Å². The second-order valence-corrected chi connectivity index (χ2v) is 9.90. The summed E-state index contributed by atoms with van der Waals surface area (Å²) in [6.07, 6.45) is -0.228. The summed E-state index contributed by atoms with van der Waals surface area (Å²) in [7, 11) is 0. The summed E-state index contributed by atoms with van der Waals surface area (Å²) in [6, 6.07) is 20.9. The van der Waals surface area contributed by atoms with Crippen molar-refractivity contribution in [1.82, 2.24) is 4.90 Å². The zero-order valence-corrected chi connectivity index (χ0v) is 21.6. The predicted molar refractivity (Wildman–Crippen MR) is 142 cm³/mol. The SMILES string of the molecule is Cc1ccccc1OCC(O)CN(Cc1cccc(Cl)c1)CC1CC(c2ccc(Cl)c(Cl)c2)=NO1. The molecular formula is C27H27Cl3N2O3. The topological polar surface area (TPSA) is 54.3 Å². The van der Waals surface area contributed by atoms with Gasteiger partial charge in [0.2, 0.25) is 0 Å². The average Bonchev–Trinajstić information content (AvgIpc) is 3.29. The molecule has 0 fully saturated rings. The summed E-state index contributed by atoms with van der Waals surface area (Å²) in [5.41, 5.74) is 3.78. The average molecular weight is 534 g/mol. The summed E-state index contributed by atoms with van der Waals surface area (Å²) < 4.78 is 5.86.